The van der Waals surface area contributed by atoms with E-state index in [-0.39, 0.29) is 17.8 Å². The number of nitrogens with one attached hydrogen (secondary N) is 1. The molecule has 4 rings (SSSR count). The molecule has 1 amide bonds. The van der Waals surface area contributed by atoms with Gasteiger partial charge in [-0.1, -0.05) is 23.7 Å². The summed E-state index contributed by atoms with van der Waals surface area (Å²) in [5.41, 5.74) is 1.11. The van der Waals surface area contributed by atoms with Crippen LogP contribution in [0.25, 0.3) is 10.1 Å². The number of hydrogen-bond donors (Lipinski definition) is 1. The molecule has 0 aliphatic carbocycles. The molecule has 152 valence electrons. The molecule has 1 aliphatic rings. The van der Waals surface area contributed by atoms with Crippen LogP contribution in [0, 0.1) is 5.82 Å². The van der Waals surface area contributed by atoms with E-state index >= 15 is 0 Å². The van der Waals surface area contributed by atoms with E-state index in [0.717, 1.165) is 37.2 Å². The van der Waals surface area contributed by atoms with Gasteiger partial charge in [0.1, 0.15) is 16.4 Å². The summed E-state index contributed by atoms with van der Waals surface area (Å²) in [7, 11) is 1.65. The molecule has 0 bridgehead atoms. The molecule has 29 heavy (non-hydrogen) atoms. The summed E-state index contributed by atoms with van der Waals surface area (Å²) in [5.74, 6) is 0.228. The summed E-state index contributed by atoms with van der Waals surface area (Å²) in [6.07, 6.45) is 2.31. The molecule has 0 radical (unpaired) electrons. The number of methoxy groups -OCH3 is 1. The van der Waals surface area contributed by atoms with Gasteiger partial charge in [0.2, 0.25) is 0 Å². The fraction of sp³-hybridized carbons (Fsp3) is 0.318. The number of amides is 1. The minimum Gasteiger partial charge on any atom is -0.497 e. The zero-order valence-electron chi connectivity index (χ0n) is 16.1. The van der Waals surface area contributed by atoms with Crippen LogP contribution in [0.4, 0.5) is 4.39 Å². The standard InChI is InChI=1S/C22H22ClFN2O2S/c1-28-16-6-4-5-14(11-16)18(26-9-2-3-10-26)13-25-22(27)21-20(23)17-8-7-15(24)12-19(17)29-21/h4-8,11-12,18H,2-3,9-10,13H2,1H3,(H,25,27)/t18-/m0/s1. The van der Waals surface area contributed by atoms with E-state index in [1.54, 1.807) is 13.2 Å². The van der Waals surface area contributed by atoms with Crippen LogP contribution in [0.3, 0.4) is 0 Å². The highest BCUT2D eigenvalue weighted by molar-refractivity contribution is 7.21. The number of fused-ring (bicyclic) bond motifs is 1. The van der Waals surface area contributed by atoms with Crippen molar-refractivity contribution in [3.05, 3.63) is 63.7 Å². The van der Waals surface area contributed by atoms with Gasteiger partial charge < -0.3 is 10.1 Å². The molecular weight excluding hydrogens is 411 g/mol. The van der Waals surface area contributed by atoms with E-state index in [9.17, 15) is 9.18 Å². The Kier molecular flexibility index (Phi) is 6.04. The molecule has 1 fully saturated rings. The molecule has 1 atom stereocenters. The largest absolute Gasteiger partial charge is 0.497 e. The van der Waals surface area contributed by atoms with E-state index in [4.69, 9.17) is 16.3 Å². The summed E-state index contributed by atoms with van der Waals surface area (Å²) in [6, 6.07) is 12.4. The highest BCUT2D eigenvalue weighted by Gasteiger charge is 2.25. The Labute approximate surface area is 178 Å². The quantitative estimate of drug-likeness (QED) is 0.577. The number of halogens is 2. The van der Waals surface area contributed by atoms with Crippen molar-refractivity contribution in [1.82, 2.24) is 10.2 Å². The van der Waals surface area contributed by atoms with Gasteiger partial charge in [-0.25, -0.2) is 4.39 Å². The van der Waals surface area contributed by atoms with Gasteiger partial charge in [0.25, 0.3) is 5.91 Å². The lowest BCUT2D eigenvalue weighted by Gasteiger charge is -2.28. The van der Waals surface area contributed by atoms with Crippen LogP contribution in [-0.4, -0.2) is 37.6 Å². The topological polar surface area (TPSA) is 41.6 Å². The molecule has 0 spiro atoms. The molecule has 1 aliphatic heterocycles. The van der Waals surface area contributed by atoms with Gasteiger partial charge >= 0.3 is 0 Å². The molecule has 1 aromatic heterocycles. The second-order valence-corrected chi connectivity index (χ2v) is 8.56. The number of ether oxygens (including phenoxy) is 1. The Morgan fingerprint density at radius 2 is 2.07 bits per heavy atom. The normalized spacial score (nSPS) is 15.6. The number of carbonyl (C=O) groups excluding carboxylic acids is 1. The summed E-state index contributed by atoms with van der Waals surface area (Å²) < 4.78 is 19.5. The summed E-state index contributed by atoms with van der Waals surface area (Å²) in [6.45, 7) is 2.46. The van der Waals surface area contributed by atoms with Crippen LogP contribution >= 0.6 is 22.9 Å². The number of rotatable bonds is 6. The van der Waals surface area contributed by atoms with Gasteiger partial charge in [0.05, 0.1) is 18.2 Å². The Bertz CT molecular complexity index is 1030. The Morgan fingerprint density at radius 3 is 2.83 bits per heavy atom. The summed E-state index contributed by atoms with van der Waals surface area (Å²) in [5, 5.41) is 4.12. The highest BCUT2D eigenvalue weighted by Crippen LogP contribution is 2.36. The van der Waals surface area contributed by atoms with Crippen LogP contribution < -0.4 is 10.1 Å². The lowest BCUT2D eigenvalue weighted by molar-refractivity contribution is 0.0942. The SMILES string of the molecule is COc1cccc([C@H](CNC(=O)c2sc3cc(F)ccc3c2Cl)N2CCCC2)c1. The van der Waals surface area contributed by atoms with Gasteiger partial charge in [-0.05, 0) is 61.8 Å². The van der Waals surface area contributed by atoms with Crippen molar-refractivity contribution in [3.63, 3.8) is 0 Å². The van der Waals surface area contributed by atoms with Crippen molar-refractivity contribution in [2.24, 2.45) is 0 Å². The minimum atomic E-state index is -0.338. The third-order valence-electron chi connectivity index (χ3n) is 5.31. The lowest BCUT2D eigenvalue weighted by Crippen LogP contribution is -2.36. The molecule has 4 nitrogen and oxygen atoms in total. The predicted octanol–water partition coefficient (Wildman–Crippen LogP) is 5.27. The van der Waals surface area contributed by atoms with Gasteiger partial charge in [0.15, 0.2) is 0 Å². The number of likely N-dealkylation sites (tertiary alicyclic amines) is 1. The maximum absolute atomic E-state index is 13.5. The fourth-order valence-electron chi connectivity index (χ4n) is 3.81. The van der Waals surface area contributed by atoms with Crippen molar-refractivity contribution in [3.8, 4) is 5.75 Å². The van der Waals surface area contributed by atoms with E-state index in [2.05, 4.69) is 16.3 Å². The Morgan fingerprint density at radius 1 is 1.28 bits per heavy atom. The Hall–Kier alpha value is -2.15. The first kappa shape index (κ1) is 20.1. The highest BCUT2D eigenvalue weighted by atomic mass is 35.5. The number of benzene rings is 2. The molecule has 1 N–H and O–H groups in total. The van der Waals surface area contributed by atoms with Crippen molar-refractivity contribution in [1.29, 1.82) is 0 Å². The zero-order chi connectivity index (χ0) is 20.4. The maximum Gasteiger partial charge on any atom is 0.262 e. The molecule has 2 aromatic carbocycles. The van der Waals surface area contributed by atoms with Gasteiger partial charge in [-0.15, -0.1) is 11.3 Å². The third-order valence-corrected chi connectivity index (χ3v) is 6.97. The lowest BCUT2D eigenvalue weighted by atomic mass is 10.0. The average Bonchev–Trinajstić information content (AvgIpc) is 3.36. The second-order valence-electron chi connectivity index (χ2n) is 7.13. The van der Waals surface area contributed by atoms with Crippen LogP contribution in [0.2, 0.25) is 5.02 Å². The predicted molar refractivity (Wildman–Crippen MR) is 116 cm³/mol. The molecule has 0 saturated carbocycles. The van der Waals surface area contributed by atoms with Crippen LogP contribution in [0.15, 0.2) is 42.5 Å². The minimum absolute atomic E-state index is 0.0575. The second kappa shape index (κ2) is 8.69. The molecule has 0 unspecified atom stereocenters. The number of hydrogen-bond acceptors (Lipinski definition) is 4. The summed E-state index contributed by atoms with van der Waals surface area (Å²) in [4.78, 5) is 15.7. The van der Waals surface area contributed by atoms with Crippen LogP contribution in [0.1, 0.15) is 34.1 Å². The van der Waals surface area contributed by atoms with E-state index in [0.29, 0.717) is 26.5 Å². The molecule has 7 heteroatoms. The number of carbonyl (C=O) groups is 1. The van der Waals surface area contributed by atoms with Gasteiger partial charge in [0, 0.05) is 16.6 Å². The summed E-state index contributed by atoms with van der Waals surface area (Å²) >= 11 is 7.62. The first-order valence-electron chi connectivity index (χ1n) is 9.60. The van der Waals surface area contributed by atoms with Gasteiger partial charge in [-0.3, -0.25) is 9.69 Å². The molecular formula is C22H22ClFN2O2S. The van der Waals surface area contributed by atoms with Crippen molar-refractivity contribution in [2.45, 2.75) is 18.9 Å². The van der Waals surface area contributed by atoms with Crippen molar-refractivity contribution < 1.29 is 13.9 Å². The average molecular weight is 433 g/mol. The number of thiophene rings is 1. The van der Waals surface area contributed by atoms with E-state index < -0.39 is 0 Å². The van der Waals surface area contributed by atoms with E-state index in [1.165, 1.54) is 23.5 Å². The van der Waals surface area contributed by atoms with Crippen molar-refractivity contribution in [2.75, 3.05) is 26.7 Å². The number of nitrogens with zero attached hydrogens (tertiary/aromatic N) is 1. The fourth-order valence-corrected chi connectivity index (χ4v) is 5.27. The molecule has 3 aromatic rings. The molecule has 2 heterocycles. The van der Waals surface area contributed by atoms with Crippen LogP contribution in [0.5, 0.6) is 5.75 Å². The van der Waals surface area contributed by atoms with Crippen LogP contribution in [-0.2, 0) is 0 Å². The maximum atomic E-state index is 13.5. The zero-order valence-corrected chi connectivity index (χ0v) is 17.7. The monoisotopic (exact) mass is 432 g/mol. The van der Waals surface area contributed by atoms with Crippen molar-refractivity contribution >= 4 is 38.9 Å². The third kappa shape index (κ3) is 4.25. The van der Waals surface area contributed by atoms with Gasteiger partial charge in [-0.2, -0.15) is 0 Å². The smallest absolute Gasteiger partial charge is 0.262 e. The first-order chi connectivity index (χ1) is 14.1. The first-order valence-corrected chi connectivity index (χ1v) is 10.8. The molecule has 1 saturated heterocycles. The van der Waals surface area contributed by atoms with E-state index in [1.807, 2.05) is 18.2 Å². The Balaban J connectivity index is 1.55.